The van der Waals surface area contributed by atoms with Gasteiger partial charge in [-0.1, -0.05) is 4.49 Å². The normalized spacial score (nSPS) is 10.7. The molecule has 2 aromatic rings. The molecule has 0 aliphatic carbocycles. The van der Waals surface area contributed by atoms with Gasteiger partial charge in [-0.15, -0.1) is 5.10 Å². The maximum atomic E-state index is 11.9. The van der Waals surface area contributed by atoms with Crippen molar-refractivity contribution in [1.82, 2.24) is 19.1 Å². The van der Waals surface area contributed by atoms with Crippen LogP contribution in [0.1, 0.15) is 17.1 Å². The standard InChI is InChI=1S/C9H11BrN6OS/c1-4-7(10)5(2)16(9(17)12-4)3-6-8(13-11)18-15-14-6/h13H,3,11H2,1-2H3. The largest absolute Gasteiger partial charge is 0.348 e. The van der Waals surface area contributed by atoms with E-state index in [1.54, 1.807) is 6.92 Å². The minimum absolute atomic E-state index is 0.284. The predicted molar refractivity (Wildman–Crippen MR) is 72.5 cm³/mol. The van der Waals surface area contributed by atoms with Crippen LogP contribution in [0.3, 0.4) is 0 Å². The highest BCUT2D eigenvalue weighted by molar-refractivity contribution is 9.10. The molecule has 0 saturated heterocycles. The number of hydrogen-bond acceptors (Lipinski definition) is 7. The monoisotopic (exact) mass is 330 g/mol. The number of nitrogens with two attached hydrogens (primary N) is 1. The second kappa shape index (κ2) is 5.12. The Kier molecular flexibility index (Phi) is 3.73. The molecule has 0 unspecified atom stereocenters. The van der Waals surface area contributed by atoms with Crippen LogP contribution in [0.15, 0.2) is 9.27 Å². The van der Waals surface area contributed by atoms with Crippen LogP contribution in [0.5, 0.6) is 0 Å². The van der Waals surface area contributed by atoms with Crippen molar-refractivity contribution in [3.8, 4) is 0 Å². The summed E-state index contributed by atoms with van der Waals surface area (Å²) >= 11 is 4.55. The molecule has 0 saturated carbocycles. The number of nitrogens with one attached hydrogen (secondary N) is 1. The summed E-state index contributed by atoms with van der Waals surface area (Å²) < 4.78 is 6.13. The molecule has 9 heteroatoms. The first-order valence-electron chi connectivity index (χ1n) is 5.06. The van der Waals surface area contributed by atoms with Gasteiger partial charge < -0.3 is 5.43 Å². The molecule has 0 fully saturated rings. The van der Waals surface area contributed by atoms with Crippen molar-refractivity contribution in [2.24, 2.45) is 5.84 Å². The van der Waals surface area contributed by atoms with E-state index in [0.717, 1.165) is 21.7 Å². The summed E-state index contributed by atoms with van der Waals surface area (Å²) in [6.07, 6.45) is 0. The van der Waals surface area contributed by atoms with E-state index in [4.69, 9.17) is 5.84 Å². The highest BCUT2D eigenvalue weighted by Crippen LogP contribution is 2.20. The number of anilines is 1. The van der Waals surface area contributed by atoms with Gasteiger partial charge in [0.2, 0.25) is 0 Å². The van der Waals surface area contributed by atoms with E-state index in [1.807, 2.05) is 6.92 Å². The molecule has 0 spiro atoms. The SMILES string of the molecule is Cc1nc(=O)n(Cc2nnsc2NN)c(C)c1Br. The van der Waals surface area contributed by atoms with E-state index >= 15 is 0 Å². The summed E-state index contributed by atoms with van der Waals surface area (Å²) in [6.45, 7) is 3.90. The van der Waals surface area contributed by atoms with Gasteiger partial charge in [0.1, 0.15) is 10.7 Å². The third-order valence-corrected chi connectivity index (χ3v) is 4.38. The van der Waals surface area contributed by atoms with Gasteiger partial charge in [0.15, 0.2) is 0 Å². The summed E-state index contributed by atoms with van der Waals surface area (Å²) in [4.78, 5) is 15.8. The van der Waals surface area contributed by atoms with Crippen LogP contribution in [0.2, 0.25) is 0 Å². The number of halogens is 1. The Morgan fingerprint density at radius 1 is 1.50 bits per heavy atom. The molecule has 0 amide bonds. The van der Waals surface area contributed by atoms with Crippen molar-refractivity contribution in [2.75, 3.05) is 5.43 Å². The maximum absolute atomic E-state index is 11.9. The van der Waals surface area contributed by atoms with E-state index in [-0.39, 0.29) is 12.2 Å². The summed E-state index contributed by atoms with van der Waals surface area (Å²) in [5.74, 6) is 5.35. The Morgan fingerprint density at radius 3 is 2.89 bits per heavy atom. The molecule has 96 valence electrons. The molecule has 2 aromatic heterocycles. The minimum atomic E-state index is -0.316. The molecule has 0 aromatic carbocycles. The lowest BCUT2D eigenvalue weighted by atomic mass is 10.3. The molecule has 0 aliphatic rings. The van der Waals surface area contributed by atoms with Crippen LogP contribution in [0.25, 0.3) is 0 Å². The summed E-state index contributed by atoms with van der Waals surface area (Å²) in [5, 5.41) is 4.58. The topological polar surface area (TPSA) is 98.7 Å². The molecule has 0 radical (unpaired) electrons. The van der Waals surface area contributed by atoms with Crippen molar-refractivity contribution >= 4 is 32.5 Å². The molecular formula is C9H11BrN6OS. The van der Waals surface area contributed by atoms with Crippen LogP contribution in [0.4, 0.5) is 5.00 Å². The number of aromatic nitrogens is 4. The van der Waals surface area contributed by atoms with E-state index in [9.17, 15) is 4.79 Å². The number of nitrogen functional groups attached to an aromatic ring is 1. The number of nitrogens with zero attached hydrogens (tertiary/aromatic N) is 4. The smallest absolute Gasteiger partial charge is 0.313 e. The quantitative estimate of drug-likeness (QED) is 0.638. The van der Waals surface area contributed by atoms with Crippen molar-refractivity contribution in [1.29, 1.82) is 0 Å². The molecular weight excluding hydrogens is 320 g/mol. The molecule has 0 bridgehead atoms. The lowest BCUT2D eigenvalue weighted by Crippen LogP contribution is -2.27. The number of rotatable bonds is 3. The van der Waals surface area contributed by atoms with Crippen molar-refractivity contribution in [3.05, 3.63) is 32.0 Å². The average Bonchev–Trinajstić information content (AvgIpc) is 2.79. The van der Waals surface area contributed by atoms with E-state index in [0.29, 0.717) is 16.4 Å². The molecule has 2 heterocycles. The van der Waals surface area contributed by atoms with Gasteiger partial charge in [0.25, 0.3) is 0 Å². The Balaban J connectivity index is 2.47. The molecule has 7 nitrogen and oxygen atoms in total. The first-order valence-corrected chi connectivity index (χ1v) is 6.62. The second-order valence-corrected chi connectivity index (χ2v) is 5.21. The van der Waals surface area contributed by atoms with Gasteiger partial charge in [0, 0.05) is 17.2 Å². The zero-order chi connectivity index (χ0) is 13.3. The Labute approximate surface area is 115 Å². The first kappa shape index (κ1) is 13.1. The van der Waals surface area contributed by atoms with Crippen molar-refractivity contribution in [2.45, 2.75) is 20.4 Å². The lowest BCUT2D eigenvalue weighted by Gasteiger charge is -2.11. The zero-order valence-corrected chi connectivity index (χ0v) is 12.2. The van der Waals surface area contributed by atoms with Crippen LogP contribution < -0.4 is 17.0 Å². The van der Waals surface area contributed by atoms with Crippen LogP contribution >= 0.6 is 27.5 Å². The fourth-order valence-corrected chi connectivity index (χ4v) is 2.32. The minimum Gasteiger partial charge on any atom is -0.313 e. The third kappa shape index (κ3) is 2.28. The zero-order valence-electron chi connectivity index (χ0n) is 9.77. The predicted octanol–water partition coefficient (Wildman–Crippen LogP) is 0.808. The highest BCUT2D eigenvalue weighted by Gasteiger charge is 2.13. The number of aryl methyl sites for hydroxylation is 1. The number of hydrogen-bond donors (Lipinski definition) is 2. The fourth-order valence-electron chi connectivity index (χ4n) is 1.53. The van der Waals surface area contributed by atoms with Gasteiger partial charge in [-0.2, -0.15) is 4.98 Å². The summed E-state index contributed by atoms with van der Waals surface area (Å²) in [7, 11) is 0. The Morgan fingerprint density at radius 2 is 2.22 bits per heavy atom. The van der Waals surface area contributed by atoms with Crippen LogP contribution in [0, 0.1) is 13.8 Å². The van der Waals surface area contributed by atoms with Gasteiger partial charge in [-0.3, -0.25) is 4.57 Å². The molecule has 0 atom stereocenters. The van der Waals surface area contributed by atoms with Gasteiger partial charge in [-0.05, 0) is 29.8 Å². The molecule has 3 N–H and O–H groups in total. The molecule has 0 aliphatic heterocycles. The average molecular weight is 331 g/mol. The summed E-state index contributed by atoms with van der Waals surface area (Å²) in [5.41, 5.74) is 4.27. The van der Waals surface area contributed by atoms with E-state index < -0.39 is 0 Å². The van der Waals surface area contributed by atoms with Gasteiger partial charge in [0.05, 0.1) is 16.7 Å². The summed E-state index contributed by atoms with van der Waals surface area (Å²) in [6, 6.07) is 0. The van der Waals surface area contributed by atoms with Crippen molar-refractivity contribution < 1.29 is 0 Å². The number of hydrazine groups is 1. The molecule has 2 rings (SSSR count). The van der Waals surface area contributed by atoms with Gasteiger partial charge >= 0.3 is 5.69 Å². The fraction of sp³-hybridized carbons (Fsp3) is 0.333. The van der Waals surface area contributed by atoms with E-state index in [2.05, 4.69) is 35.9 Å². The van der Waals surface area contributed by atoms with E-state index in [1.165, 1.54) is 4.57 Å². The third-order valence-electron chi connectivity index (χ3n) is 2.53. The Bertz CT molecular complexity index is 636. The molecule has 18 heavy (non-hydrogen) atoms. The second-order valence-electron chi connectivity index (χ2n) is 3.66. The highest BCUT2D eigenvalue weighted by atomic mass is 79.9. The van der Waals surface area contributed by atoms with Gasteiger partial charge in [-0.25, -0.2) is 10.6 Å². The van der Waals surface area contributed by atoms with Crippen molar-refractivity contribution in [3.63, 3.8) is 0 Å². The van der Waals surface area contributed by atoms with Crippen LogP contribution in [-0.4, -0.2) is 19.1 Å². The Hall–Kier alpha value is -1.32. The van der Waals surface area contributed by atoms with Crippen LogP contribution in [-0.2, 0) is 6.54 Å². The lowest BCUT2D eigenvalue weighted by molar-refractivity contribution is 0.674. The first-order chi connectivity index (χ1) is 8.54. The maximum Gasteiger partial charge on any atom is 0.348 e.